The first-order valence-electron chi connectivity index (χ1n) is 10.1. The van der Waals surface area contributed by atoms with Crippen molar-refractivity contribution < 1.29 is 9.53 Å². The number of nitrogens with zero attached hydrogens (tertiary/aromatic N) is 2. The molecule has 2 aliphatic rings. The number of amides is 2. The van der Waals surface area contributed by atoms with Crippen molar-refractivity contribution in [1.82, 2.24) is 15.1 Å². The minimum atomic E-state index is 0.0730. The molecule has 0 aliphatic carbocycles. The Bertz CT molecular complexity index is 543. The number of carbonyl (C=O) groups is 1. The molecule has 2 amide bonds. The van der Waals surface area contributed by atoms with E-state index in [1.807, 2.05) is 11.8 Å². The summed E-state index contributed by atoms with van der Waals surface area (Å²) < 4.78 is 5.61. The Balaban J connectivity index is 1.32. The summed E-state index contributed by atoms with van der Waals surface area (Å²) in [6, 6.07) is 10.8. The molecule has 2 fully saturated rings. The predicted octanol–water partition coefficient (Wildman–Crippen LogP) is 3.11. The van der Waals surface area contributed by atoms with E-state index in [2.05, 4.69) is 40.5 Å². The number of ether oxygens (including phenoxy) is 1. The molecule has 144 valence electrons. The molecule has 0 aromatic heterocycles. The van der Waals surface area contributed by atoms with Crippen LogP contribution in [-0.2, 0) is 11.3 Å². The van der Waals surface area contributed by atoms with E-state index < -0.39 is 0 Å². The lowest BCUT2D eigenvalue weighted by molar-refractivity contribution is 0.0710. The van der Waals surface area contributed by atoms with Gasteiger partial charge in [0.2, 0.25) is 0 Å². The van der Waals surface area contributed by atoms with Gasteiger partial charge in [0, 0.05) is 32.8 Å². The van der Waals surface area contributed by atoms with Crippen LogP contribution in [0.3, 0.4) is 0 Å². The van der Waals surface area contributed by atoms with Crippen molar-refractivity contribution >= 4 is 6.03 Å². The highest BCUT2D eigenvalue weighted by Gasteiger charge is 2.21. The lowest BCUT2D eigenvalue weighted by Gasteiger charge is -2.32. The molecule has 5 nitrogen and oxygen atoms in total. The number of piperidine rings is 1. The van der Waals surface area contributed by atoms with Gasteiger partial charge in [-0.2, -0.15) is 0 Å². The first kappa shape index (κ1) is 19.2. The van der Waals surface area contributed by atoms with Gasteiger partial charge in [0.15, 0.2) is 0 Å². The summed E-state index contributed by atoms with van der Waals surface area (Å²) in [5.41, 5.74) is 1.40. The summed E-state index contributed by atoms with van der Waals surface area (Å²) in [4.78, 5) is 16.8. The highest BCUT2D eigenvalue weighted by Crippen LogP contribution is 2.21. The summed E-state index contributed by atoms with van der Waals surface area (Å²) >= 11 is 0. The molecular weight excluding hydrogens is 326 g/mol. The molecule has 26 heavy (non-hydrogen) atoms. The van der Waals surface area contributed by atoms with Gasteiger partial charge in [0.1, 0.15) is 0 Å². The third kappa shape index (κ3) is 5.99. The molecule has 0 radical (unpaired) electrons. The molecule has 0 saturated carbocycles. The van der Waals surface area contributed by atoms with Gasteiger partial charge in [-0.25, -0.2) is 4.79 Å². The van der Waals surface area contributed by atoms with Crippen LogP contribution in [0, 0.1) is 5.92 Å². The molecule has 5 heteroatoms. The van der Waals surface area contributed by atoms with Gasteiger partial charge >= 0.3 is 6.03 Å². The van der Waals surface area contributed by atoms with Crippen LogP contribution in [0.4, 0.5) is 4.79 Å². The Morgan fingerprint density at radius 3 is 2.73 bits per heavy atom. The highest BCUT2D eigenvalue weighted by molar-refractivity contribution is 5.74. The quantitative estimate of drug-likeness (QED) is 0.879. The summed E-state index contributed by atoms with van der Waals surface area (Å²) in [7, 11) is 0. The number of urea groups is 1. The minimum absolute atomic E-state index is 0.0730. The first-order chi connectivity index (χ1) is 12.7. The number of carbonyl (C=O) groups excluding carboxylic acids is 1. The Hall–Kier alpha value is -1.59. The maximum Gasteiger partial charge on any atom is 0.317 e. The standard InChI is InChI=1S/C21H33N3O2/c1-18-16-24(12-5-15-26-18)21(25)22-11-8-19-9-13-23(14-10-19)17-20-6-3-2-4-7-20/h2-4,6-7,18-19H,5,8-17H2,1H3,(H,22,25)/t18-/m1/s1. The Morgan fingerprint density at radius 2 is 1.96 bits per heavy atom. The molecule has 1 atom stereocenters. The molecule has 1 N–H and O–H groups in total. The van der Waals surface area contributed by atoms with Gasteiger partial charge in [-0.15, -0.1) is 0 Å². The normalized spacial score (nSPS) is 22.8. The van der Waals surface area contributed by atoms with Crippen molar-refractivity contribution in [1.29, 1.82) is 0 Å². The summed E-state index contributed by atoms with van der Waals surface area (Å²) in [5.74, 6) is 0.730. The van der Waals surface area contributed by atoms with Crippen molar-refractivity contribution in [2.45, 2.75) is 45.3 Å². The van der Waals surface area contributed by atoms with Crippen LogP contribution < -0.4 is 5.32 Å². The Kier molecular flexibility index (Phi) is 7.32. The second kappa shape index (κ2) is 9.93. The fraction of sp³-hybridized carbons (Fsp3) is 0.667. The molecule has 2 aliphatic heterocycles. The van der Waals surface area contributed by atoms with E-state index >= 15 is 0 Å². The number of benzene rings is 1. The van der Waals surface area contributed by atoms with E-state index in [1.165, 1.54) is 18.4 Å². The van der Waals surface area contributed by atoms with Crippen molar-refractivity contribution in [3.05, 3.63) is 35.9 Å². The van der Waals surface area contributed by atoms with Gasteiger partial charge in [-0.05, 0) is 57.2 Å². The van der Waals surface area contributed by atoms with Crippen LogP contribution in [0.5, 0.6) is 0 Å². The summed E-state index contributed by atoms with van der Waals surface area (Å²) in [6.45, 7) is 8.45. The lowest BCUT2D eigenvalue weighted by Crippen LogP contribution is -2.43. The molecule has 2 heterocycles. The maximum absolute atomic E-state index is 12.3. The van der Waals surface area contributed by atoms with Crippen molar-refractivity contribution in [3.63, 3.8) is 0 Å². The monoisotopic (exact) mass is 359 g/mol. The molecule has 3 rings (SSSR count). The Labute approximate surface area is 157 Å². The number of likely N-dealkylation sites (tertiary alicyclic amines) is 1. The molecule has 1 aromatic rings. The van der Waals surface area contributed by atoms with E-state index in [-0.39, 0.29) is 12.1 Å². The lowest BCUT2D eigenvalue weighted by atomic mass is 9.93. The maximum atomic E-state index is 12.3. The smallest absolute Gasteiger partial charge is 0.317 e. The van der Waals surface area contributed by atoms with Gasteiger partial charge in [0.05, 0.1) is 6.10 Å². The number of hydrogen-bond donors (Lipinski definition) is 1. The van der Waals surface area contributed by atoms with Crippen molar-refractivity contribution in [2.75, 3.05) is 39.3 Å². The van der Waals surface area contributed by atoms with E-state index in [1.54, 1.807) is 0 Å². The SMILES string of the molecule is C[C@@H]1CN(C(=O)NCCC2CCN(Cc3ccccc3)CC2)CCCO1. The fourth-order valence-electron chi connectivity index (χ4n) is 3.95. The third-order valence-electron chi connectivity index (χ3n) is 5.52. The number of rotatable bonds is 5. The summed E-state index contributed by atoms with van der Waals surface area (Å²) in [6.07, 6.45) is 4.62. The minimum Gasteiger partial charge on any atom is -0.377 e. The van der Waals surface area contributed by atoms with Crippen LogP contribution in [0.15, 0.2) is 30.3 Å². The number of nitrogens with one attached hydrogen (secondary N) is 1. The fourth-order valence-corrected chi connectivity index (χ4v) is 3.95. The second-order valence-electron chi connectivity index (χ2n) is 7.71. The van der Waals surface area contributed by atoms with E-state index in [0.717, 1.165) is 58.1 Å². The molecule has 0 bridgehead atoms. The zero-order chi connectivity index (χ0) is 18.2. The average molecular weight is 360 g/mol. The summed E-state index contributed by atoms with van der Waals surface area (Å²) in [5, 5.41) is 3.12. The van der Waals surface area contributed by atoms with Crippen LogP contribution in [0.2, 0.25) is 0 Å². The highest BCUT2D eigenvalue weighted by atomic mass is 16.5. The van der Waals surface area contributed by atoms with E-state index in [9.17, 15) is 4.79 Å². The van der Waals surface area contributed by atoms with Crippen molar-refractivity contribution in [2.24, 2.45) is 5.92 Å². The van der Waals surface area contributed by atoms with Crippen LogP contribution in [0.25, 0.3) is 0 Å². The van der Waals surface area contributed by atoms with Crippen LogP contribution >= 0.6 is 0 Å². The molecular formula is C21H33N3O2. The van der Waals surface area contributed by atoms with E-state index in [0.29, 0.717) is 6.54 Å². The van der Waals surface area contributed by atoms with Crippen LogP contribution in [0.1, 0.15) is 38.2 Å². The molecule has 2 saturated heterocycles. The average Bonchev–Trinajstić information content (AvgIpc) is 2.88. The van der Waals surface area contributed by atoms with Gasteiger partial charge in [0.25, 0.3) is 0 Å². The topological polar surface area (TPSA) is 44.8 Å². The van der Waals surface area contributed by atoms with Gasteiger partial charge < -0.3 is 15.0 Å². The number of hydrogen-bond acceptors (Lipinski definition) is 3. The molecule has 0 spiro atoms. The molecule has 0 unspecified atom stereocenters. The predicted molar refractivity (Wildman–Crippen MR) is 104 cm³/mol. The molecule has 1 aromatic carbocycles. The zero-order valence-electron chi connectivity index (χ0n) is 16.0. The van der Waals surface area contributed by atoms with Gasteiger partial charge in [-0.1, -0.05) is 30.3 Å². The van der Waals surface area contributed by atoms with Crippen molar-refractivity contribution in [3.8, 4) is 0 Å². The zero-order valence-corrected chi connectivity index (χ0v) is 16.0. The Morgan fingerprint density at radius 1 is 1.19 bits per heavy atom. The first-order valence-corrected chi connectivity index (χ1v) is 10.1. The third-order valence-corrected chi connectivity index (χ3v) is 5.52. The van der Waals surface area contributed by atoms with Crippen LogP contribution in [-0.4, -0.2) is 61.3 Å². The van der Waals surface area contributed by atoms with E-state index in [4.69, 9.17) is 4.74 Å². The van der Waals surface area contributed by atoms with Gasteiger partial charge in [-0.3, -0.25) is 4.90 Å². The largest absolute Gasteiger partial charge is 0.377 e. The second-order valence-corrected chi connectivity index (χ2v) is 7.71.